The fourth-order valence-electron chi connectivity index (χ4n) is 6.82. The second kappa shape index (κ2) is 30.8. The average molecular weight is 954 g/mol. The minimum atomic E-state index is -0.639. The average Bonchev–Trinajstić information content (AvgIpc) is 4.06. The van der Waals surface area contributed by atoms with Crippen molar-refractivity contribution in [2.45, 2.75) is 53.0 Å². The van der Waals surface area contributed by atoms with Crippen LogP contribution < -0.4 is 34.9 Å². The number of ketones is 2. The van der Waals surface area contributed by atoms with Gasteiger partial charge in [-0.15, -0.1) is 0 Å². The van der Waals surface area contributed by atoms with E-state index in [1.54, 1.807) is 24.3 Å². The third-order valence-corrected chi connectivity index (χ3v) is 10.2. The molecule has 2 aliphatic heterocycles. The summed E-state index contributed by atoms with van der Waals surface area (Å²) >= 11 is 0. The third-order valence-electron chi connectivity index (χ3n) is 10.2. The molecule has 3 N–H and O–H groups in total. The van der Waals surface area contributed by atoms with E-state index < -0.39 is 17.9 Å². The van der Waals surface area contributed by atoms with Crippen molar-refractivity contribution in [3.63, 3.8) is 0 Å². The van der Waals surface area contributed by atoms with E-state index >= 15 is 0 Å². The summed E-state index contributed by atoms with van der Waals surface area (Å²) in [5.74, 6) is -0.336. The molecule has 2 saturated heterocycles. The zero-order chi connectivity index (χ0) is 49.3. The van der Waals surface area contributed by atoms with Crippen LogP contribution in [0.5, 0.6) is 0 Å². The predicted molar refractivity (Wildman–Crippen MR) is 250 cm³/mol. The molecule has 2 aliphatic rings. The second-order valence-corrected chi connectivity index (χ2v) is 15.4. The normalized spacial score (nSPS) is 13.2. The van der Waals surface area contributed by atoms with Crippen LogP contribution in [0.1, 0.15) is 83.4 Å². The van der Waals surface area contributed by atoms with Crippen molar-refractivity contribution in [3.8, 4) is 22.8 Å². The zero-order valence-corrected chi connectivity index (χ0v) is 41.0. The number of carbonyl (C=O) groups excluding carboxylic acids is 6. The largest absolute Gasteiger partial charge is 1.00 e. The van der Waals surface area contributed by atoms with Gasteiger partial charge in [0.15, 0.2) is 17.9 Å². The van der Waals surface area contributed by atoms with Gasteiger partial charge in [0.2, 0.25) is 5.97 Å². The summed E-state index contributed by atoms with van der Waals surface area (Å²) in [4.78, 5) is 88.9. The van der Waals surface area contributed by atoms with E-state index in [1.807, 2.05) is 66.9 Å². The first kappa shape index (κ1) is 56.9. The van der Waals surface area contributed by atoms with Crippen molar-refractivity contribution < 1.29 is 81.5 Å². The van der Waals surface area contributed by atoms with Crippen molar-refractivity contribution in [1.29, 1.82) is 0 Å². The van der Waals surface area contributed by atoms with Gasteiger partial charge in [-0.05, 0) is 100 Å². The standard InChI is InChI=1S/C22H22FN3O.C12H14FNO.C10H8N2O.C4H6O4.C2H3BO2.Na/c23-19-8-6-16(7-9-19)21(27)17-10-12-26(13-11-17)15-20-14-24-22(25-20)18-4-2-1-3-5-18;13-11-3-1-9(2-4-11)12(15)10-5-7-14-8-6-10;13-7-9-6-11-10(12-9)8-4-2-1-3-5-8;1-3(5)7-8-4(2)6;1-2(4)5-3;/h1-9,14,17H,10-13,15H2,(H,24,25);1-4,10,14H,5-8H2;1-7H,(H,11,12);1-2H3;1H3;/q;;;;-1;+1. The molecule has 19 heteroatoms. The quantitative estimate of drug-likeness (QED) is 0.0583. The van der Waals surface area contributed by atoms with Gasteiger partial charge in [0, 0.05) is 73.3 Å². The number of halogens is 2. The Kier molecular flexibility index (Phi) is 25.4. The van der Waals surface area contributed by atoms with Crippen LogP contribution in [-0.2, 0) is 35.4 Å². The maximum Gasteiger partial charge on any atom is 1.00 e. The monoisotopic (exact) mass is 953 g/mol. The van der Waals surface area contributed by atoms with Gasteiger partial charge in [-0.2, -0.15) is 0 Å². The summed E-state index contributed by atoms with van der Waals surface area (Å²) in [6.45, 7) is 7.87. The van der Waals surface area contributed by atoms with E-state index in [1.165, 1.54) is 37.4 Å². The minimum absolute atomic E-state index is 0. The van der Waals surface area contributed by atoms with Gasteiger partial charge < -0.3 is 28.0 Å². The maximum absolute atomic E-state index is 13.0. The van der Waals surface area contributed by atoms with Gasteiger partial charge in [-0.1, -0.05) is 60.7 Å². The predicted octanol–water partition coefficient (Wildman–Crippen LogP) is 4.87. The zero-order valence-electron chi connectivity index (χ0n) is 39.0. The molecule has 0 aliphatic carbocycles. The number of hydrogen-bond acceptors (Lipinski definition) is 13. The van der Waals surface area contributed by atoms with Crippen molar-refractivity contribution >= 4 is 43.8 Å². The number of rotatable bonds is 9. The Morgan fingerprint density at radius 3 is 1.46 bits per heavy atom. The fourth-order valence-corrected chi connectivity index (χ4v) is 6.82. The van der Waals surface area contributed by atoms with Crippen LogP contribution in [0.15, 0.2) is 122 Å². The molecular weight excluding hydrogens is 900 g/mol. The van der Waals surface area contributed by atoms with Gasteiger partial charge in [-0.25, -0.2) is 38.1 Å². The Hall–Kier alpha value is -6.44. The van der Waals surface area contributed by atoms with Gasteiger partial charge in [-0.3, -0.25) is 24.1 Å². The number of aromatic amines is 2. The van der Waals surface area contributed by atoms with Crippen molar-refractivity contribution in [2.24, 2.45) is 11.8 Å². The molecule has 0 amide bonds. The molecule has 355 valence electrons. The molecule has 6 aromatic rings. The number of piperidine rings is 2. The molecule has 2 fully saturated rings. The van der Waals surface area contributed by atoms with Crippen LogP contribution in [0.2, 0.25) is 0 Å². The molecule has 3 radical (unpaired) electrons. The van der Waals surface area contributed by atoms with Crippen molar-refractivity contribution in [3.05, 3.63) is 156 Å². The first-order valence-electron chi connectivity index (χ1n) is 21.7. The molecule has 4 heterocycles. The van der Waals surface area contributed by atoms with E-state index in [2.05, 4.69) is 52.6 Å². The molecule has 0 saturated carbocycles. The molecule has 0 spiro atoms. The molecular formula is C50H53BF2N6NaO9. The number of Topliss-reactive ketones (excluding diaryl/α,β-unsaturated/α-hetero) is 2. The smallest absolute Gasteiger partial charge is 0.793 e. The number of nitrogens with one attached hydrogen (secondary N) is 3. The van der Waals surface area contributed by atoms with Crippen molar-refractivity contribution in [2.75, 3.05) is 26.2 Å². The number of aldehydes is 1. The molecule has 8 rings (SSSR count). The summed E-state index contributed by atoms with van der Waals surface area (Å²) in [5, 5.41) is 3.22. The number of H-pyrrole nitrogens is 2. The first-order valence-corrected chi connectivity index (χ1v) is 21.7. The topological polar surface area (TPSA) is 203 Å². The van der Waals surface area contributed by atoms with Gasteiger partial charge >= 0.3 is 41.5 Å². The number of carbonyl (C=O) groups is 6. The summed E-state index contributed by atoms with van der Waals surface area (Å²) in [6, 6.07) is 31.4. The summed E-state index contributed by atoms with van der Waals surface area (Å²) in [5.41, 5.74) is 4.87. The van der Waals surface area contributed by atoms with Gasteiger partial charge in [0.1, 0.15) is 23.3 Å². The van der Waals surface area contributed by atoms with Crippen LogP contribution in [0.25, 0.3) is 22.8 Å². The second-order valence-electron chi connectivity index (χ2n) is 15.4. The Bertz CT molecular complexity index is 2490. The van der Waals surface area contributed by atoms with E-state index in [0.29, 0.717) is 16.8 Å². The number of likely N-dealkylation sites (tertiary alicyclic amines) is 1. The molecule has 0 bridgehead atoms. The summed E-state index contributed by atoms with van der Waals surface area (Å²) < 4.78 is 29.3. The number of hydrogen-bond donors (Lipinski definition) is 3. The maximum atomic E-state index is 13.0. The molecule has 2 aromatic heterocycles. The van der Waals surface area contributed by atoms with E-state index in [4.69, 9.17) is 0 Å². The first-order chi connectivity index (χ1) is 32.8. The Morgan fingerprint density at radius 2 is 1.06 bits per heavy atom. The van der Waals surface area contributed by atoms with Crippen LogP contribution in [0, 0.1) is 23.5 Å². The van der Waals surface area contributed by atoms with Crippen molar-refractivity contribution in [1.82, 2.24) is 30.2 Å². The van der Waals surface area contributed by atoms with Gasteiger partial charge in [0.05, 0.1) is 11.9 Å². The molecule has 69 heavy (non-hydrogen) atoms. The number of benzene rings is 4. The third kappa shape index (κ3) is 20.8. The van der Waals surface area contributed by atoms with Crippen LogP contribution >= 0.6 is 0 Å². The Balaban J connectivity index is 0.000000255. The SMILES string of the molecule is CC(=O)OOC(C)=O.O=C(c1ccc(F)cc1)C1CCN(Cc2cnc(-c3ccccc3)[nH]2)CC1.O=C(c1ccc(F)cc1)C1CCNCC1.O=Cc1cnc(-c2ccccc2)[nH]1.[B-]OC(C)=O.[Na+]. The summed E-state index contributed by atoms with van der Waals surface area (Å²) in [7, 11) is 4.32. The molecule has 15 nitrogen and oxygen atoms in total. The van der Waals surface area contributed by atoms with Crippen LogP contribution in [0.3, 0.4) is 0 Å². The Labute approximate surface area is 422 Å². The van der Waals surface area contributed by atoms with Gasteiger partial charge in [0.25, 0.3) is 0 Å². The fraction of sp³-hybridized carbons (Fsp3) is 0.280. The minimum Gasteiger partial charge on any atom is -0.793 e. The summed E-state index contributed by atoms with van der Waals surface area (Å²) in [6.07, 6.45) is 7.59. The van der Waals surface area contributed by atoms with Crippen LogP contribution in [0.4, 0.5) is 8.78 Å². The van der Waals surface area contributed by atoms with E-state index in [9.17, 15) is 37.5 Å². The van der Waals surface area contributed by atoms with E-state index in [0.717, 1.165) is 107 Å². The van der Waals surface area contributed by atoms with Crippen LogP contribution in [-0.4, -0.2) is 94.8 Å². The number of aromatic nitrogens is 4. The van der Waals surface area contributed by atoms with E-state index in [-0.39, 0.29) is 64.6 Å². The number of imidazole rings is 2. The molecule has 0 atom stereocenters. The number of nitrogens with zero attached hydrogens (tertiary/aromatic N) is 3. The molecule has 4 aromatic carbocycles. The Morgan fingerprint density at radius 1 is 0.638 bits per heavy atom. The molecule has 0 unspecified atom stereocenters.